The quantitative estimate of drug-likeness (QED) is 0.518. The van der Waals surface area contributed by atoms with Crippen molar-refractivity contribution in [2.45, 2.75) is 13.3 Å². The van der Waals surface area contributed by atoms with Crippen LogP contribution in [0.1, 0.15) is 13.3 Å². The molecule has 0 radical (unpaired) electrons. The fourth-order valence-corrected chi connectivity index (χ4v) is 0.720. The third kappa shape index (κ3) is 1.88. The van der Waals surface area contributed by atoms with Crippen molar-refractivity contribution < 1.29 is 4.74 Å². The van der Waals surface area contributed by atoms with Gasteiger partial charge in [-0.05, 0) is 13.0 Å². The summed E-state index contributed by atoms with van der Waals surface area (Å²) in [6.45, 7) is 3.70. The highest BCUT2D eigenvalue weighted by atomic mass is 16.5. The molecule has 0 atom stereocenters. The van der Waals surface area contributed by atoms with E-state index in [2.05, 4.69) is 4.99 Å². The minimum Gasteiger partial charge on any atom is -0.478 e. The van der Waals surface area contributed by atoms with Gasteiger partial charge in [0.2, 0.25) is 5.90 Å². The molecule has 0 fully saturated rings. The number of ether oxygens (including phenoxy) is 1. The molecule has 0 N–H and O–H groups in total. The average Bonchev–Trinajstić information content (AvgIpc) is 1.91. The Bertz CT molecular complexity index is 138. The lowest BCUT2D eigenvalue weighted by atomic mass is 10.4. The van der Waals surface area contributed by atoms with Crippen LogP contribution in [0.4, 0.5) is 0 Å². The summed E-state index contributed by atoms with van der Waals surface area (Å²) in [4.78, 5) is 4.13. The third-order valence-corrected chi connectivity index (χ3v) is 1.13. The minimum atomic E-state index is 0.781. The molecule has 0 bridgehead atoms. The molecule has 1 heterocycles. The van der Waals surface area contributed by atoms with E-state index in [1.807, 2.05) is 19.1 Å². The van der Waals surface area contributed by atoms with Gasteiger partial charge < -0.3 is 4.74 Å². The second-order valence-electron chi connectivity index (χ2n) is 1.92. The summed E-state index contributed by atoms with van der Waals surface area (Å²) in [5, 5.41) is 0. The van der Waals surface area contributed by atoms with Crippen LogP contribution in [0.3, 0.4) is 0 Å². The number of hydrogen-bond donors (Lipinski definition) is 0. The van der Waals surface area contributed by atoms with Gasteiger partial charge in [0.05, 0.1) is 6.61 Å². The predicted octanol–water partition coefficient (Wildman–Crippen LogP) is 1.38. The van der Waals surface area contributed by atoms with Crippen LogP contribution in [0.15, 0.2) is 17.1 Å². The molecular formula is C7H11NO. The van der Waals surface area contributed by atoms with Crippen LogP contribution >= 0.6 is 0 Å². The van der Waals surface area contributed by atoms with Crippen molar-refractivity contribution in [3.05, 3.63) is 12.2 Å². The molecule has 0 unspecified atom stereocenters. The SMILES string of the molecule is C/C=C\C1=NCCCO1. The summed E-state index contributed by atoms with van der Waals surface area (Å²) < 4.78 is 5.18. The Labute approximate surface area is 55.2 Å². The standard InChI is InChI=1S/C7H11NO/c1-2-4-7-8-5-3-6-9-7/h2,4H,3,5-6H2,1H3/b4-2-. The van der Waals surface area contributed by atoms with Gasteiger partial charge in [-0.2, -0.15) is 0 Å². The summed E-state index contributed by atoms with van der Waals surface area (Å²) in [6.07, 6.45) is 4.88. The van der Waals surface area contributed by atoms with Gasteiger partial charge in [-0.15, -0.1) is 0 Å². The zero-order valence-electron chi connectivity index (χ0n) is 5.63. The van der Waals surface area contributed by atoms with Crippen LogP contribution in [-0.2, 0) is 4.74 Å². The van der Waals surface area contributed by atoms with Crippen LogP contribution < -0.4 is 0 Å². The Balaban J connectivity index is 2.46. The van der Waals surface area contributed by atoms with Gasteiger partial charge in [0.15, 0.2) is 0 Å². The molecule has 0 saturated heterocycles. The molecule has 0 aromatic heterocycles. The second kappa shape index (κ2) is 3.28. The molecule has 0 aromatic carbocycles. The third-order valence-electron chi connectivity index (χ3n) is 1.13. The molecule has 0 saturated carbocycles. The van der Waals surface area contributed by atoms with E-state index >= 15 is 0 Å². The van der Waals surface area contributed by atoms with Crippen LogP contribution in [0, 0.1) is 0 Å². The first-order valence-corrected chi connectivity index (χ1v) is 3.23. The number of allylic oxidation sites excluding steroid dienone is 1. The van der Waals surface area contributed by atoms with E-state index in [-0.39, 0.29) is 0 Å². The summed E-state index contributed by atoms with van der Waals surface area (Å²) in [7, 11) is 0. The first-order valence-electron chi connectivity index (χ1n) is 3.23. The van der Waals surface area contributed by atoms with Gasteiger partial charge >= 0.3 is 0 Å². The Hall–Kier alpha value is -0.790. The summed E-state index contributed by atoms with van der Waals surface area (Å²) in [6, 6.07) is 0. The highest BCUT2D eigenvalue weighted by Gasteiger charge is 1.99. The fourth-order valence-electron chi connectivity index (χ4n) is 0.720. The van der Waals surface area contributed by atoms with E-state index in [1.165, 1.54) is 0 Å². The molecule has 0 aliphatic carbocycles. The van der Waals surface area contributed by atoms with Crippen molar-refractivity contribution >= 4 is 5.90 Å². The van der Waals surface area contributed by atoms with Crippen molar-refractivity contribution in [2.24, 2.45) is 4.99 Å². The summed E-state index contributed by atoms with van der Waals surface area (Å²) in [5.41, 5.74) is 0. The van der Waals surface area contributed by atoms with E-state index in [0.29, 0.717) is 0 Å². The van der Waals surface area contributed by atoms with Crippen molar-refractivity contribution in [2.75, 3.05) is 13.2 Å². The number of rotatable bonds is 1. The molecule has 9 heavy (non-hydrogen) atoms. The van der Waals surface area contributed by atoms with Crippen LogP contribution in [0.2, 0.25) is 0 Å². The summed E-state index contributed by atoms with van der Waals surface area (Å²) in [5.74, 6) is 0.781. The van der Waals surface area contributed by atoms with Gasteiger partial charge in [-0.1, -0.05) is 6.08 Å². The van der Waals surface area contributed by atoms with Crippen LogP contribution in [-0.4, -0.2) is 19.0 Å². The maximum Gasteiger partial charge on any atom is 0.208 e. The predicted molar refractivity (Wildman–Crippen MR) is 37.7 cm³/mol. The molecule has 1 aliphatic rings. The molecule has 1 aliphatic heterocycles. The smallest absolute Gasteiger partial charge is 0.208 e. The highest BCUT2D eigenvalue weighted by molar-refractivity contribution is 5.87. The second-order valence-corrected chi connectivity index (χ2v) is 1.92. The lowest BCUT2D eigenvalue weighted by molar-refractivity contribution is 0.285. The molecule has 1 rings (SSSR count). The Morgan fingerprint density at radius 2 is 2.56 bits per heavy atom. The lowest BCUT2D eigenvalue weighted by Gasteiger charge is -2.09. The van der Waals surface area contributed by atoms with Crippen molar-refractivity contribution in [1.82, 2.24) is 0 Å². The van der Waals surface area contributed by atoms with E-state index in [4.69, 9.17) is 4.74 Å². The van der Waals surface area contributed by atoms with Gasteiger partial charge in [-0.25, -0.2) is 0 Å². The normalized spacial score (nSPS) is 19.4. The molecule has 2 heteroatoms. The molecule has 0 spiro atoms. The highest BCUT2D eigenvalue weighted by Crippen LogP contribution is 1.96. The van der Waals surface area contributed by atoms with Gasteiger partial charge in [0.25, 0.3) is 0 Å². The maximum atomic E-state index is 5.18. The summed E-state index contributed by atoms with van der Waals surface area (Å²) >= 11 is 0. The monoisotopic (exact) mass is 125 g/mol. The molecule has 0 aromatic rings. The van der Waals surface area contributed by atoms with E-state index < -0.39 is 0 Å². The van der Waals surface area contributed by atoms with E-state index in [9.17, 15) is 0 Å². The van der Waals surface area contributed by atoms with Crippen molar-refractivity contribution in [1.29, 1.82) is 0 Å². The largest absolute Gasteiger partial charge is 0.478 e. The lowest BCUT2D eigenvalue weighted by Crippen LogP contribution is -2.10. The Morgan fingerprint density at radius 3 is 3.11 bits per heavy atom. The van der Waals surface area contributed by atoms with Crippen LogP contribution in [0.25, 0.3) is 0 Å². The van der Waals surface area contributed by atoms with Gasteiger partial charge in [0, 0.05) is 13.0 Å². The molecular weight excluding hydrogens is 114 g/mol. The van der Waals surface area contributed by atoms with Crippen molar-refractivity contribution in [3.8, 4) is 0 Å². The molecule has 50 valence electrons. The zero-order chi connectivity index (χ0) is 6.53. The fraction of sp³-hybridized carbons (Fsp3) is 0.571. The average molecular weight is 125 g/mol. The molecule has 2 nitrogen and oxygen atoms in total. The van der Waals surface area contributed by atoms with Crippen molar-refractivity contribution in [3.63, 3.8) is 0 Å². The first kappa shape index (κ1) is 6.33. The van der Waals surface area contributed by atoms with Crippen LogP contribution in [0.5, 0.6) is 0 Å². The first-order chi connectivity index (χ1) is 4.43. The number of nitrogens with zero attached hydrogens (tertiary/aromatic N) is 1. The number of aliphatic imine (C=N–C) groups is 1. The zero-order valence-corrected chi connectivity index (χ0v) is 5.63. The van der Waals surface area contributed by atoms with Gasteiger partial charge in [0.1, 0.15) is 0 Å². The van der Waals surface area contributed by atoms with E-state index in [0.717, 1.165) is 25.5 Å². The van der Waals surface area contributed by atoms with Gasteiger partial charge in [-0.3, -0.25) is 4.99 Å². The Kier molecular flexibility index (Phi) is 2.31. The Morgan fingerprint density at radius 1 is 1.67 bits per heavy atom. The maximum absolute atomic E-state index is 5.18. The minimum absolute atomic E-state index is 0.781. The number of hydrogen-bond acceptors (Lipinski definition) is 2. The van der Waals surface area contributed by atoms with E-state index in [1.54, 1.807) is 0 Å². The topological polar surface area (TPSA) is 21.6 Å². The molecule has 0 amide bonds.